The summed E-state index contributed by atoms with van der Waals surface area (Å²) in [5.74, 6) is 2.64. The lowest BCUT2D eigenvalue weighted by atomic mass is 10.0. The zero-order chi connectivity index (χ0) is 46.9. The molecule has 0 aliphatic heterocycles. The van der Waals surface area contributed by atoms with Gasteiger partial charge in [0.15, 0.2) is 0 Å². The second-order valence-electron chi connectivity index (χ2n) is 21.5. The molecule has 0 aliphatic rings. The minimum atomic E-state index is 1.14. The summed E-state index contributed by atoms with van der Waals surface area (Å²) in [4.78, 5) is 0. The minimum absolute atomic E-state index is 1.14. The molecule has 388 valence electrons. The Morgan fingerprint density at radius 2 is 0.354 bits per heavy atom. The molecule has 0 aromatic carbocycles. The summed E-state index contributed by atoms with van der Waals surface area (Å²) in [6, 6.07) is 0. The van der Waals surface area contributed by atoms with Crippen LogP contribution in [0.5, 0.6) is 0 Å². The molecule has 0 aromatic heterocycles. The molecule has 0 saturated carbocycles. The van der Waals surface area contributed by atoms with Gasteiger partial charge >= 0.3 is 0 Å². The summed E-state index contributed by atoms with van der Waals surface area (Å²) in [5, 5.41) is 0. The lowest BCUT2D eigenvalue weighted by Crippen LogP contribution is -1.97. The van der Waals surface area contributed by atoms with Crippen molar-refractivity contribution in [2.24, 2.45) is 0 Å². The lowest BCUT2D eigenvalue weighted by Gasteiger charge is -2.15. The highest BCUT2D eigenvalue weighted by molar-refractivity contribution is 5.03. The summed E-state index contributed by atoms with van der Waals surface area (Å²) >= 11 is 0. The van der Waals surface area contributed by atoms with Crippen LogP contribution in [0.4, 0.5) is 0 Å². The predicted molar refractivity (Wildman–Crippen MR) is 298 cm³/mol. The molecule has 0 unspecified atom stereocenters. The van der Waals surface area contributed by atoms with E-state index in [1.165, 1.54) is 358 Å². The fourth-order valence-electron chi connectivity index (χ4n) is 10.0. The average molecular weight is 912 g/mol. The SMILES string of the molecule is CCCCCCCCCCCCCC=C(CCCCCCCCCCCCCCCCC)OC(=CCCCCCCCCCCCCC)CCCCCCCCCCCCCCCCC. The first kappa shape index (κ1) is 64.3. The fourth-order valence-corrected chi connectivity index (χ4v) is 10.0. The third-order valence-electron chi connectivity index (χ3n) is 14.7. The van der Waals surface area contributed by atoms with Crippen LogP contribution in [0.3, 0.4) is 0 Å². The Bertz CT molecular complexity index is 827. The zero-order valence-corrected chi connectivity index (χ0v) is 46.2. The molecule has 0 radical (unpaired) electrons. The van der Waals surface area contributed by atoms with Crippen LogP contribution in [0, 0.1) is 0 Å². The number of ether oxygens (including phenoxy) is 1. The Balaban J connectivity index is 4.94. The minimum Gasteiger partial charge on any atom is -0.467 e. The van der Waals surface area contributed by atoms with Gasteiger partial charge in [0, 0.05) is 12.8 Å². The van der Waals surface area contributed by atoms with Crippen molar-refractivity contribution in [3.05, 3.63) is 23.7 Å². The van der Waals surface area contributed by atoms with Gasteiger partial charge in [-0.2, -0.15) is 0 Å². The molecule has 1 heteroatoms. The van der Waals surface area contributed by atoms with E-state index in [1.807, 2.05) is 0 Å². The van der Waals surface area contributed by atoms with Gasteiger partial charge in [-0.05, 0) is 50.7 Å². The van der Waals surface area contributed by atoms with Crippen molar-refractivity contribution in [1.82, 2.24) is 0 Å². The van der Waals surface area contributed by atoms with Crippen LogP contribution in [0.25, 0.3) is 0 Å². The number of rotatable bonds is 58. The first-order valence-corrected chi connectivity index (χ1v) is 31.3. The first-order chi connectivity index (χ1) is 32.3. The maximum absolute atomic E-state index is 7.01. The monoisotopic (exact) mass is 911 g/mol. The Kier molecular flexibility index (Phi) is 58.7. The number of hydrogen-bond acceptors (Lipinski definition) is 1. The van der Waals surface area contributed by atoms with Crippen LogP contribution >= 0.6 is 0 Å². The molecule has 0 atom stereocenters. The van der Waals surface area contributed by atoms with Crippen LogP contribution in [-0.4, -0.2) is 0 Å². The largest absolute Gasteiger partial charge is 0.467 e. The standard InChI is InChI=1S/C64H126O/c1-5-9-13-17-21-25-29-33-35-37-41-45-49-53-57-61-63(59-55-51-47-43-39-31-27-23-19-15-11-7-3)65-64(60-56-52-48-44-40-32-28-24-20-16-12-8-4)62-58-54-50-46-42-38-36-34-30-26-22-18-14-10-6-2/h59-60H,5-58,61-62H2,1-4H3. The molecular weight excluding hydrogens is 785 g/mol. The van der Waals surface area contributed by atoms with E-state index in [4.69, 9.17) is 4.74 Å². The smallest absolute Gasteiger partial charge is 0.0996 e. The Morgan fingerprint density at radius 1 is 0.200 bits per heavy atom. The highest BCUT2D eigenvalue weighted by atomic mass is 16.5. The van der Waals surface area contributed by atoms with Crippen LogP contribution in [-0.2, 0) is 4.74 Å². The maximum atomic E-state index is 7.01. The molecule has 0 N–H and O–H groups in total. The van der Waals surface area contributed by atoms with E-state index < -0.39 is 0 Å². The second-order valence-corrected chi connectivity index (χ2v) is 21.5. The topological polar surface area (TPSA) is 9.23 Å². The molecule has 0 fully saturated rings. The molecule has 0 bridgehead atoms. The van der Waals surface area contributed by atoms with Gasteiger partial charge in [0.05, 0.1) is 11.5 Å². The van der Waals surface area contributed by atoms with Crippen molar-refractivity contribution in [2.45, 2.75) is 387 Å². The summed E-state index contributed by atoms with van der Waals surface area (Å²) in [6.45, 7) is 9.29. The summed E-state index contributed by atoms with van der Waals surface area (Å²) in [6.07, 6.45) is 83.9. The Labute approximate surface area is 413 Å². The highest BCUT2D eigenvalue weighted by Gasteiger charge is 2.07. The maximum Gasteiger partial charge on any atom is 0.0996 e. The molecule has 65 heavy (non-hydrogen) atoms. The van der Waals surface area contributed by atoms with E-state index in [-0.39, 0.29) is 0 Å². The van der Waals surface area contributed by atoms with E-state index >= 15 is 0 Å². The molecule has 1 nitrogen and oxygen atoms in total. The van der Waals surface area contributed by atoms with Gasteiger partial charge in [-0.3, -0.25) is 0 Å². The van der Waals surface area contributed by atoms with Gasteiger partial charge in [-0.15, -0.1) is 0 Å². The molecule has 0 amide bonds. The van der Waals surface area contributed by atoms with Gasteiger partial charge in [0.25, 0.3) is 0 Å². The van der Waals surface area contributed by atoms with Gasteiger partial charge < -0.3 is 4.74 Å². The predicted octanol–water partition coefficient (Wildman–Crippen LogP) is 24.7. The molecule has 0 aliphatic carbocycles. The summed E-state index contributed by atoms with van der Waals surface area (Å²) < 4.78 is 7.01. The number of hydrogen-bond donors (Lipinski definition) is 0. The molecular formula is C64H126O. The Morgan fingerprint density at radius 3 is 0.538 bits per heavy atom. The second kappa shape index (κ2) is 59.4. The molecule has 0 heterocycles. The van der Waals surface area contributed by atoms with Crippen molar-refractivity contribution < 1.29 is 4.74 Å². The summed E-state index contributed by atoms with van der Waals surface area (Å²) in [5.41, 5.74) is 0. The fraction of sp³-hybridized carbons (Fsp3) is 0.938. The number of unbranched alkanes of at least 4 members (excludes halogenated alkanes) is 50. The van der Waals surface area contributed by atoms with Gasteiger partial charge in [-0.1, -0.05) is 336 Å². The van der Waals surface area contributed by atoms with Gasteiger partial charge in [-0.25, -0.2) is 0 Å². The molecule has 0 aromatic rings. The zero-order valence-electron chi connectivity index (χ0n) is 46.2. The third-order valence-corrected chi connectivity index (χ3v) is 14.7. The lowest BCUT2D eigenvalue weighted by molar-refractivity contribution is 0.266. The average Bonchev–Trinajstić information content (AvgIpc) is 3.31. The van der Waals surface area contributed by atoms with Crippen molar-refractivity contribution in [2.75, 3.05) is 0 Å². The third kappa shape index (κ3) is 55.8. The van der Waals surface area contributed by atoms with Crippen LogP contribution in [0.2, 0.25) is 0 Å². The quantitative estimate of drug-likeness (QED) is 0.0436. The van der Waals surface area contributed by atoms with Crippen molar-refractivity contribution in [3.63, 3.8) is 0 Å². The van der Waals surface area contributed by atoms with Crippen molar-refractivity contribution in [1.29, 1.82) is 0 Å². The van der Waals surface area contributed by atoms with Crippen LogP contribution in [0.15, 0.2) is 23.7 Å². The molecule has 0 rings (SSSR count). The summed E-state index contributed by atoms with van der Waals surface area (Å²) in [7, 11) is 0. The van der Waals surface area contributed by atoms with Gasteiger partial charge in [0.2, 0.25) is 0 Å². The van der Waals surface area contributed by atoms with Crippen molar-refractivity contribution >= 4 is 0 Å². The van der Waals surface area contributed by atoms with E-state index in [1.54, 1.807) is 0 Å². The van der Waals surface area contributed by atoms with Gasteiger partial charge in [0.1, 0.15) is 0 Å². The van der Waals surface area contributed by atoms with Crippen LogP contribution in [0.1, 0.15) is 387 Å². The number of allylic oxidation sites excluding steroid dienone is 4. The molecule has 0 saturated heterocycles. The van der Waals surface area contributed by atoms with E-state index in [0.29, 0.717) is 0 Å². The van der Waals surface area contributed by atoms with E-state index in [2.05, 4.69) is 39.8 Å². The van der Waals surface area contributed by atoms with E-state index in [9.17, 15) is 0 Å². The van der Waals surface area contributed by atoms with Crippen molar-refractivity contribution in [3.8, 4) is 0 Å². The van der Waals surface area contributed by atoms with Crippen LogP contribution < -0.4 is 0 Å². The Hall–Kier alpha value is -0.720. The normalized spacial score (nSPS) is 12.2. The highest BCUT2D eigenvalue weighted by Crippen LogP contribution is 2.24. The van der Waals surface area contributed by atoms with E-state index in [0.717, 1.165) is 12.8 Å². The first-order valence-electron chi connectivity index (χ1n) is 31.3. The molecule has 0 spiro atoms.